The molecule has 0 aromatic heterocycles. The number of nitrogens with one attached hydrogen (secondary N) is 1. The van der Waals surface area contributed by atoms with Crippen LogP contribution < -0.4 is 14.8 Å². The molecule has 2 aromatic rings. The van der Waals surface area contributed by atoms with Crippen molar-refractivity contribution < 1.29 is 23.8 Å². The van der Waals surface area contributed by atoms with Crippen LogP contribution in [0.1, 0.15) is 38.3 Å². The first kappa shape index (κ1) is 22.8. The molecule has 1 heterocycles. The molecule has 1 N–H and O–H groups in total. The fourth-order valence-corrected chi connectivity index (χ4v) is 3.65. The van der Waals surface area contributed by atoms with Gasteiger partial charge in [0.2, 0.25) is 11.8 Å². The molecule has 162 valence electrons. The zero-order chi connectivity index (χ0) is 22.4. The average Bonchev–Trinajstić information content (AvgIpc) is 3.08. The summed E-state index contributed by atoms with van der Waals surface area (Å²) in [6.07, 6.45) is 2.55. The van der Waals surface area contributed by atoms with E-state index in [9.17, 15) is 9.59 Å². The summed E-state index contributed by atoms with van der Waals surface area (Å²) in [5, 5.41) is 2.69. The van der Waals surface area contributed by atoms with Gasteiger partial charge < -0.3 is 19.5 Å². The van der Waals surface area contributed by atoms with Gasteiger partial charge in [0.1, 0.15) is 0 Å². The van der Waals surface area contributed by atoms with Gasteiger partial charge in [-0.15, -0.1) is 0 Å². The lowest BCUT2D eigenvalue weighted by atomic mass is 10.1. The van der Waals surface area contributed by atoms with Crippen molar-refractivity contribution in [1.82, 2.24) is 0 Å². The van der Waals surface area contributed by atoms with E-state index in [-0.39, 0.29) is 17.5 Å². The number of ether oxygens (including phenoxy) is 3. The molecule has 0 bridgehead atoms. The molecule has 0 aliphatic carbocycles. The number of anilines is 1. The molecule has 3 rings (SSSR count). The number of halogens is 1. The Hall–Kier alpha value is -2.88. The summed E-state index contributed by atoms with van der Waals surface area (Å²) in [4.78, 5) is 27.9. The molecule has 2 aromatic carbocycles. The summed E-state index contributed by atoms with van der Waals surface area (Å²) >= 11 is 2.19. The second-order valence-corrected chi connectivity index (χ2v) is 7.87. The fraction of sp³-hybridized carbons (Fsp3) is 0.261. The highest BCUT2D eigenvalue weighted by molar-refractivity contribution is 14.1. The van der Waals surface area contributed by atoms with Gasteiger partial charge in [-0.2, -0.15) is 0 Å². The van der Waals surface area contributed by atoms with Crippen molar-refractivity contribution in [1.29, 1.82) is 0 Å². The predicted molar refractivity (Wildman–Crippen MR) is 127 cm³/mol. The zero-order valence-corrected chi connectivity index (χ0v) is 19.7. The van der Waals surface area contributed by atoms with E-state index in [0.29, 0.717) is 36.0 Å². The van der Waals surface area contributed by atoms with E-state index in [1.54, 1.807) is 30.3 Å². The van der Waals surface area contributed by atoms with Gasteiger partial charge in [-0.3, -0.25) is 4.79 Å². The van der Waals surface area contributed by atoms with Gasteiger partial charge >= 0.3 is 5.97 Å². The highest BCUT2D eigenvalue weighted by Gasteiger charge is 2.24. The standard InChI is InChI=1S/C23H23IN2O5/c1-4-10-30-21-18(24)11-15(13-20(21)29-5-2)12-19-23(28)31-22(26-19)16-6-8-17(9-7-16)25-14(3)27/h6-9,11-13H,4-5,10H2,1-3H3,(H,25,27)/b19-12-. The van der Waals surface area contributed by atoms with Crippen molar-refractivity contribution in [3.05, 3.63) is 56.8 Å². The number of benzene rings is 2. The highest BCUT2D eigenvalue weighted by Crippen LogP contribution is 2.35. The van der Waals surface area contributed by atoms with E-state index in [0.717, 1.165) is 15.6 Å². The third-order valence-corrected chi connectivity index (χ3v) is 4.96. The monoisotopic (exact) mass is 534 g/mol. The quantitative estimate of drug-likeness (QED) is 0.299. The van der Waals surface area contributed by atoms with Gasteiger partial charge in [-0.05, 0) is 84.0 Å². The Morgan fingerprint density at radius 3 is 2.58 bits per heavy atom. The summed E-state index contributed by atoms with van der Waals surface area (Å²) in [6, 6.07) is 10.6. The van der Waals surface area contributed by atoms with Crippen LogP contribution in [0.25, 0.3) is 6.08 Å². The van der Waals surface area contributed by atoms with Crippen LogP contribution in [0.3, 0.4) is 0 Å². The van der Waals surface area contributed by atoms with E-state index in [1.165, 1.54) is 6.92 Å². The van der Waals surface area contributed by atoms with E-state index >= 15 is 0 Å². The lowest BCUT2D eigenvalue weighted by Gasteiger charge is -2.14. The number of rotatable bonds is 8. The van der Waals surface area contributed by atoms with E-state index in [1.807, 2.05) is 26.0 Å². The van der Waals surface area contributed by atoms with Gasteiger partial charge in [0.15, 0.2) is 17.2 Å². The van der Waals surface area contributed by atoms with Crippen LogP contribution in [-0.4, -0.2) is 31.0 Å². The average molecular weight is 534 g/mol. The molecule has 8 heteroatoms. The minimum atomic E-state index is -0.528. The minimum Gasteiger partial charge on any atom is -0.490 e. The van der Waals surface area contributed by atoms with Crippen LogP contribution in [0.5, 0.6) is 11.5 Å². The molecular formula is C23H23IN2O5. The first-order valence-corrected chi connectivity index (χ1v) is 11.0. The highest BCUT2D eigenvalue weighted by atomic mass is 127. The Bertz CT molecular complexity index is 1040. The maximum Gasteiger partial charge on any atom is 0.363 e. The van der Waals surface area contributed by atoms with Crippen LogP contribution in [0.4, 0.5) is 5.69 Å². The van der Waals surface area contributed by atoms with Gasteiger partial charge in [0.05, 0.1) is 16.8 Å². The Morgan fingerprint density at radius 1 is 1.19 bits per heavy atom. The smallest absolute Gasteiger partial charge is 0.363 e. The number of hydrogen-bond donors (Lipinski definition) is 1. The molecule has 0 saturated heterocycles. The number of hydrogen-bond acceptors (Lipinski definition) is 6. The summed E-state index contributed by atoms with van der Waals surface area (Å²) in [5.74, 6) is 0.853. The molecule has 0 radical (unpaired) electrons. The summed E-state index contributed by atoms with van der Waals surface area (Å²) < 4.78 is 17.8. The van der Waals surface area contributed by atoms with Crippen molar-refractivity contribution in [3.63, 3.8) is 0 Å². The van der Waals surface area contributed by atoms with Crippen molar-refractivity contribution in [2.75, 3.05) is 18.5 Å². The Kier molecular flexibility index (Phi) is 7.67. The Morgan fingerprint density at radius 2 is 1.94 bits per heavy atom. The largest absolute Gasteiger partial charge is 0.490 e. The Labute approximate surface area is 194 Å². The minimum absolute atomic E-state index is 0.158. The van der Waals surface area contributed by atoms with Gasteiger partial charge in [0.25, 0.3) is 0 Å². The number of aliphatic imine (C=N–C) groups is 1. The predicted octanol–water partition coefficient (Wildman–Crippen LogP) is 4.78. The molecule has 1 aliphatic rings. The Balaban J connectivity index is 1.88. The summed E-state index contributed by atoms with van der Waals surface area (Å²) in [5.41, 5.74) is 2.25. The van der Waals surface area contributed by atoms with Crippen molar-refractivity contribution in [2.24, 2.45) is 4.99 Å². The number of esters is 1. The third-order valence-electron chi connectivity index (χ3n) is 4.16. The molecule has 1 amide bonds. The number of carbonyl (C=O) groups excluding carboxylic acids is 2. The molecule has 0 fully saturated rings. The SMILES string of the molecule is CCCOc1c(I)cc(/C=C2\N=C(c3ccc(NC(C)=O)cc3)OC2=O)cc1OCC. The topological polar surface area (TPSA) is 86.2 Å². The number of amides is 1. The molecule has 0 saturated carbocycles. The molecule has 0 atom stereocenters. The first-order chi connectivity index (χ1) is 14.9. The number of nitrogens with zero attached hydrogens (tertiary/aromatic N) is 1. The molecule has 7 nitrogen and oxygen atoms in total. The molecular weight excluding hydrogens is 511 g/mol. The summed E-state index contributed by atoms with van der Waals surface area (Å²) in [6.45, 7) is 6.48. The van der Waals surface area contributed by atoms with Gasteiger partial charge in [-0.25, -0.2) is 9.79 Å². The first-order valence-electron chi connectivity index (χ1n) is 9.91. The van der Waals surface area contributed by atoms with Crippen LogP contribution >= 0.6 is 22.6 Å². The second-order valence-electron chi connectivity index (χ2n) is 6.71. The van der Waals surface area contributed by atoms with Crippen molar-refractivity contribution in [3.8, 4) is 11.5 Å². The van der Waals surface area contributed by atoms with Gasteiger partial charge in [-0.1, -0.05) is 6.92 Å². The van der Waals surface area contributed by atoms with Gasteiger partial charge in [0, 0.05) is 18.2 Å². The molecule has 0 unspecified atom stereocenters. The number of carbonyl (C=O) groups is 2. The maximum atomic E-state index is 12.4. The van der Waals surface area contributed by atoms with Crippen molar-refractivity contribution >= 4 is 52.1 Å². The molecule has 0 spiro atoms. The summed E-state index contributed by atoms with van der Waals surface area (Å²) in [7, 11) is 0. The molecule has 31 heavy (non-hydrogen) atoms. The van der Waals surface area contributed by atoms with E-state index < -0.39 is 5.97 Å². The maximum absolute atomic E-state index is 12.4. The van der Waals surface area contributed by atoms with Crippen LogP contribution in [0.15, 0.2) is 47.1 Å². The van der Waals surface area contributed by atoms with Crippen molar-refractivity contribution in [2.45, 2.75) is 27.2 Å². The normalized spacial score (nSPS) is 14.3. The lowest BCUT2D eigenvalue weighted by molar-refractivity contribution is -0.129. The second kappa shape index (κ2) is 10.4. The van der Waals surface area contributed by atoms with Crippen LogP contribution in [0, 0.1) is 3.57 Å². The van der Waals surface area contributed by atoms with Crippen LogP contribution in [-0.2, 0) is 14.3 Å². The zero-order valence-electron chi connectivity index (χ0n) is 17.5. The lowest BCUT2D eigenvalue weighted by Crippen LogP contribution is -2.07. The third kappa shape index (κ3) is 5.84. The fourth-order valence-electron chi connectivity index (χ4n) is 2.87. The molecule has 1 aliphatic heterocycles. The van der Waals surface area contributed by atoms with Crippen LogP contribution in [0.2, 0.25) is 0 Å². The van der Waals surface area contributed by atoms with E-state index in [2.05, 4.69) is 32.9 Å². The number of cyclic esters (lactones) is 1. The van der Waals surface area contributed by atoms with E-state index in [4.69, 9.17) is 14.2 Å².